The zero-order chi connectivity index (χ0) is 14.5. The van der Waals surface area contributed by atoms with Crippen LogP contribution < -0.4 is 0 Å². The van der Waals surface area contributed by atoms with E-state index in [4.69, 9.17) is 4.43 Å². The fourth-order valence-electron chi connectivity index (χ4n) is 1.97. The predicted molar refractivity (Wildman–Crippen MR) is 83.2 cm³/mol. The van der Waals surface area contributed by atoms with Crippen molar-refractivity contribution in [1.82, 2.24) is 0 Å². The molecule has 1 rings (SSSR count). The summed E-state index contributed by atoms with van der Waals surface area (Å²) in [5.41, 5.74) is 1.94. The Hall–Kier alpha value is -0.933. The van der Waals surface area contributed by atoms with Gasteiger partial charge >= 0.3 is 0 Å². The van der Waals surface area contributed by atoms with Gasteiger partial charge in [0.05, 0.1) is 6.10 Å². The Morgan fingerprint density at radius 3 is 2.32 bits per heavy atom. The maximum Gasteiger partial charge on any atom is 0.184 e. The van der Waals surface area contributed by atoms with Crippen LogP contribution in [0.5, 0.6) is 0 Å². The van der Waals surface area contributed by atoms with Crippen LogP contribution in [-0.4, -0.2) is 14.4 Å². The highest BCUT2D eigenvalue weighted by molar-refractivity contribution is 6.69. The fourth-order valence-corrected chi connectivity index (χ4v) is 3.08. The van der Waals surface area contributed by atoms with Crippen LogP contribution in [0.25, 0.3) is 5.57 Å². The van der Waals surface area contributed by atoms with Crippen LogP contribution in [0, 0.1) is 5.82 Å². The zero-order valence-corrected chi connectivity index (χ0v) is 13.5. The molecule has 0 saturated heterocycles. The molecule has 106 valence electrons. The second-order valence-electron chi connectivity index (χ2n) is 5.89. The van der Waals surface area contributed by atoms with Crippen molar-refractivity contribution in [3.8, 4) is 0 Å². The molecule has 0 fully saturated rings. The Morgan fingerprint density at radius 2 is 1.84 bits per heavy atom. The number of rotatable bonds is 7. The fraction of sp³-hybridized carbons (Fsp3) is 0.500. The SMILES string of the molecule is C=C(c1ccc(F)cc1)C(CCCC)O[Si](C)(C)C. The third-order valence-electron chi connectivity index (χ3n) is 2.92. The Labute approximate surface area is 117 Å². The molecule has 0 aliphatic rings. The molecule has 0 aliphatic carbocycles. The molecule has 1 aromatic rings. The number of unbranched alkanes of at least 4 members (excludes halogenated alkanes) is 1. The van der Waals surface area contributed by atoms with Gasteiger partial charge in [-0.3, -0.25) is 0 Å². The van der Waals surface area contributed by atoms with Gasteiger partial charge in [-0.1, -0.05) is 38.5 Å². The normalized spacial score (nSPS) is 13.3. The van der Waals surface area contributed by atoms with Gasteiger partial charge < -0.3 is 4.43 Å². The highest BCUT2D eigenvalue weighted by Crippen LogP contribution is 2.26. The van der Waals surface area contributed by atoms with Gasteiger partial charge in [0.15, 0.2) is 8.32 Å². The average Bonchev–Trinajstić information content (AvgIpc) is 2.33. The van der Waals surface area contributed by atoms with Crippen LogP contribution in [0.15, 0.2) is 30.8 Å². The van der Waals surface area contributed by atoms with Crippen LogP contribution in [0.2, 0.25) is 19.6 Å². The van der Waals surface area contributed by atoms with Crippen molar-refractivity contribution in [2.75, 3.05) is 0 Å². The first kappa shape index (κ1) is 16.1. The first-order valence-corrected chi connectivity index (χ1v) is 10.4. The second-order valence-corrected chi connectivity index (χ2v) is 10.4. The van der Waals surface area contributed by atoms with Crippen molar-refractivity contribution >= 4 is 13.9 Å². The lowest BCUT2D eigenvalue weighted by Gasteiger charge is -2.28. The maximum absolute atomic E-state index is 13.0. The van der Waals surface area contributed by atoms with E-state index < -0.39 is 8.32 Å². The van der Waals surface area contributed by atoms with Crippen molar-refractivity contribution in [3.05, 3.63) is 42.2 Å². The molecule has 0 radical (unpaired) electrons. The van der Waals surface area contributed by atoms with Crippen molar-refractivity contribution in [2.45, 2.75) is 51.9 Å². The topological polar surface area (TPSA) is 9.23 Å². The maximum atomic E-state index is 13.0. The summed E-state index contributed by atoms with van der Waals surface area (Å²) in [5.74, 6) is -0.215. The molecule has 0 saturated carbocycles. The minimum atomic E-state index is -1.61. The summed E-state index contributed by atoms with van der Waals surface area (Å²) in [5, 5.41) is 0. The monoisotopic (exact) mass is 280 g/mol. The summed E-state index contributed by atoms with van der Waals surface area (Å²) < 4.78 is 19.2. The van der Waals surface area contributed by atoms with Crippen LogP contribution in [-0.2, 0) is 4.43 Å². The van der Waals surface area contributed by atoms with E-state index in [0.29, 0.717) is 0 Å². The summed E-state index contributed by atoms with van der Waals surface area (Å²) in [6.07, 6.45) is 3.30. The molecule has 1 atom stereocenters. The Balaban J connectivity index is 2.83. The highest BCUT2D eigenvalue weighted by Gasteiger charge is 2.23. The van der Waals surface area contributed by atoms with Gasteiger partial charge in [-0.2, -0.15) is 0 Å². The summed E-state index contributed by atoms with van der Waals surface area (Å²) >= 11 is 0. The van der Waals surface area contributed by atoms with E-state index in [2.05, 4.69) is 33.1 Å². The Kier molecular flexibility index (Phi) is 5.95. The molecule has 0 bridgehead atoms. The standard InChI is InChI=1S/C16H25FOSi/c1-6-7-8-16(18-19(3,4)5)13(2)14-9-11-15(17)12-10-14/h9-12,16H,2,6-8H2,1,3-5H3. The second kappa shape index (κ2) is 7.01. The Bertz CT molecular complexity index is 406. The van der Waals surface area contributed by atoms with Crippen molar-refractivity contribution in [3.63, 3.8) is 0 Å². The molecule has 0 N–H and O–H groups in total. The van der Waals surface area contributed by atoms with Crippen molar-refractivity contribution in [1.29, 1.82) is 0 Å². The lowest BCUT2D eigenvalue weighted by atomic mass is 9.98. The number of hydrogen-bond acceptors (Lipinski definition) is 1. The molecule has 1 unspecified atom stereocenters. The summed E-state index contributed by atoms with van der Waals surface area (Å²) in [4.78, 5) is 0. The average molecular weight is 280 g/mol. The first-order valence-electron chi connectivity index (χ1n) is 6.96. The lowest BCUT2D eigenvalue weighted by Crippen LogP contribution is -2.32. The van der Waals surface area contributed by atoms with E-state index in [1.165, 1.54) is 12.1 Å². The molecular formula is C16H25FOSi. The number of halogens is 1. The zero-order valence-electron chi connectivity index (χ0n) is 12.5. The van der Waals surface area contributed by atoms with Crippen LogP contribution in [0.1, 0.15) is 31.7 Å². The molecule has 0 aromatic heterocycles. The van der Waals surface area contributed by atoms with Gasteiger partial charge in [0.2, 0.25) is 0 Å². The largest absolute Gasteiger partial charge is 0.411 e. The van der Waals surface area contributed by atoms with Gasteiger partial charge in [-0.25, -0.2) is 4.39 Å². The van der Waals surface area contributed by atoms with E-state index in [1.54, 1.807) is 12.1 Å². The van der Waals surface area contributed by atoms with E-state index in [9.17, 15) is 4.39 Å². The molecule has 0 amide bonds. The van der Waals surface area contributed by atoms with E-state index >= 15 is 0 Å². The summed E-state index contributed by atoms with van der Waals surface area (Å²) in [6.45, 7) is 12.9. The van der Waals surface area contributed by atoms with Gasteiger partial charge in [-0.15, -0.1) is 0 Å². The van der Waals surface area contributed by atoms with E-state index in [0.717, 1.165) is 30.4 Å². The molecule has 0 heterocycles. The van der Waals surface area contributed by atoms with Gasteiger partial charge in [0.1, 0.15) is 5.82 Å². The van der Waals surface area contributed by atoms with E-state index in [1.807, 2.05) is 0 Å². The predicted octanol–water partition coefficient (Wildman–Crippen LogP) is 5.25. The molecule has 19 heavy (non-hydrogen) atoms. The van der Waals surface area contributed by atoms with Gasteiger partial charge in [0, 0.05) is 0 Å². The summed E-state index contributed by atoms with van der Waals surface area (Å²) in [7, 11) is -1.61. The number of benzene rings is 1. The smallest absolute Gasteiger partial charge is 0.184 e. The molecule has 0 aliphatic heterocycles. The summed E-state index contributed by atoms with van der Waals surface area (Å²) in [6, 6.07) is 6.52. The molecule has 0 spiro atoms. The Morgan fingerprint density at radius 1 is 1.26 bits per heavy atom. The van der Waals surface area contributed by atoms with Gasteiger partial charge in [0.25, 0.3) is 0 Å². The quantitative estimate of drug-likeness (QED) is 0.620. The molecule has 1 nitrogen and oxygen atoms in total. The molecule has 1 aromatic carbocycles. The molecular weight excluding hydrogens is 255 g/mol. The van der Waals surface area contributed by atoms with Crippen molar-refractivity contribution < 1.29 is 8.82 Å². The van der Waals surface area contributed by atoms with Crippen molar-refractivity contribution in [2.24, 2.45) is 0 Å². The third kappa shape index (κ3) is 5.70. The van der Waals surface area contributed by atoms with Crippen LogP contribution in [0.3, 0.4) is 0 Å². The number of hydrogen-bond donors (Lipinski definition) is 0. The van der Waals surface area contributed by atoms with Crippen LogP contribution in [0.4, 0.5) is 4.39 Å². The first-order chi connectivity index (χ1) is 8.83. The molecule has 3 heteroatoms. The van der Waals surface area contributed by atoms with Crippen LogP contribution >= 0.6 is 0 Å². The minimum Gasteiger partial charge on any atom is -0.411 e. The minimum absolute atomic E-state index is 0.0528. The highest BCUT2D eigenvalue weighted by atomic mass is 28.4. The van der Waals surface area contributed by atoms with Gasteiger partial charge in [-0.05, 0) is 49.3 Å². The van der Waals surface area contributed by atoms with E-state index in [-0.39, 0.29) is 11.9 Å². The lowest BCUT2D eigenvalue weighted by molar-refractivity contribution is 0.237. The third-order valence-corrected chi connectivity index (χ3v) is 3.91.